The second kappa shape index (κ2) is 5.35. The minimum Gasteiger partial charge on any atom is -0.508 e. The summed E-state index contributed by atoms with van der Waals surface area (Å²) in [5, 5.41) is 12.3. The number of nitrogens with one attached hydrogen (secondary N) is 1. The zero-order chi connectivity index (χ0) is 13.0. The van der Waals surface area contributed by atoms with Gasteiger partial charge in [-0.2, -0.15) is 0 Å². The molecule has 4 nitrogen and oxygen atoms in total. The van der Waals surface area contributed by atoms with Crippen LogP contribution in [0.2, 0.25) is 0 Å². The standard InChI is InChI=1S/C13H13FN2O2/c1-18-13-3-2-11(8-16-13)15-7-9-4-10(14)6-12(17)5-9/h2-6,8,15,17H,7H2,1H3. The van der Waals surface area contributed by atoms with Gasteiger partial charge < -0.3 is 15.2 Å². The fourth-order valence-corrected chi connectivity index (χ4v) is 1.55. The van der Waals surface area contributed by atoms with Crippen LogP contribution in [0.4, 0.5) is 10.1 Å². The number of nitrogens with zero attached hydrogens (tertiary/aromatic N) is 1. The van der Waals surface area contributed by atoms with Crippen molar-refractivity contribution in [2.24, 2.45) is 0 Å². The molecule has 1 heterocycles. The average Bonchev–Trinajstić information content (AvgIpc) is 2.36. The fourth-order valence-electron chi connectivity index (χ4n) is 1.55. The Labute approximate surface area is 104 Å². The highest BCUT2D eigenvalue weighted by atomic mass is 19.1. The molecule has 5 heteroatoms. The lowest BCUT2D eigenvalue weighted by Crippen LogP contribution is -2.00. The fraction of sp³-hybridized carbons (Fsp3) is 0.154. The van der Waals surface area contributed by atoms with Gasteiger partial charge in [0.15, 0.2) is 0 Å². The lowest BCUT2D eigenvalue weighted by molar-refractivity contribution is 0.398. The Balaban J connectivity index is 2.01. The van der Waals surface area contributed by atoms with E-state index in [0.717, 1.165) is 11.8 Å². The van der Waals surface area contributed by atoms with Crippen molar-refractivity contribution in [2.75, 3.05) is 12.4 Å². The number of ether oxygens (including phenoxy) is 1. The van der Waals surface area contributed by atoms with E-state index in [4.69, 9.17) is 4.74 Å². The molecule has 2 N–H and O–H groups in total. The molecule has 0 unspecified atom stereocenters. The van der Waals surface area contributed by atoms with Crippen LogP contribution in [0.1, 0.15) is 5.56 Å². The van der Waals surface area contributed by atoms with Crippen LogP contribution in [0.25, 0.3) is 0 Å². The van der Waals surface area contributed by atoms with E-state index in [1.807, 2.05) is 6.07 Å². The van der Waals surface area contributed by atoms with Gasteiger partial charge >= 0.3 is 0 Å². The first kappa shape index (κ1) is 12.2. The topological polar surface area (TPSA) is 54.4 Å². The SMILES string of the molecule is COc1ccc(NCc2cc(O)cc(F)c2)cn1. The lowest BCUT2D eigenvalue weighted by Gasteiger charge is -2.07. The molecule has 0 aliphatic rings. The molecule has 1 aromatic carbocycles. The van der Waals surface area contributed by atoms with Crippen molar-refractivity contribution in [1.82, 2.24) is 4.98 Å². The Morgan fingerprint density at radius 1 is 1.33 bits per heavy atom. The lowest BCUT2D eigenvalue weighted by atomic mass is 10.2. The summed E-state index contributed by atoms with van der Waals surface area (Å²) in [5.41, 5.74) is 1.45. The van der Waals surface area contributed by atoms with Gasteiger partial charge in [-0.1, -0.05) is 0 Å². The summed E-state index contributed by atoms with van der Waals surface area (Å²) in [6.07, 6.45) is 1.62. The molecule has 0 saturated carbocycles. The second-order valence-electron chi connectivity index (χ2n) is 3.76. The Kier molecular flexibility index (Phi) is 3.62. The summed E-state index contributed by atoms with van der Waals surface area (Å²) in [5.74, 6) is -0.0109. The van der Waals surface area contributed by atoms with Gasteiger partial charge in [0.25, 0.3) is 0 Å². The van der Waals surface area contributed by atoms with E-state index in [0.29, 0.717) is 18.0 Å². The van der Waals surface area contributed by atoms with Crippen LogP contribution in [0, 0.1) is 5.82 Å². The molecule has 2 aromatic rings. The molecule has 0 aliphatic heterocycles. The van der Waals surface area contributed by atoms with Crippen molar-refractivity contribution in [3.8, 4) is 11.6 Å². The summed E-state index contributed by atoms with van der Waals surface area (Å²) < 4.78 is 18.0. The molecule has 2 rings (SSSR count). The van der Waals surface area contributed by atoms with Crippen LogP contribution in [0.3, 0.4) is 0 Å². The molecule has 0 saturated heterocycles. The largest absolute Gasteiger partial charge is 0.508 e. The minimum atomic E-state index is -0.459. The highest BCUT2D eigenvalue weighted by molar-refractivity contribution is 5.43. The number of anilines is 1. The number of benzene rings is 1. The molecule has 18 heavy (non-hydrogen) atoms. The van der Waals surface area contributed by atoms with Crippen molar-refractivity contribution < 1.29 is 14.2 Å². The number of halogens is 1. The van der Waals surface area contributed by atoms with E-state index in [9.17, 15) is 9.50 Å². The van der Waals surface area contributed by atoms with Gasteiger partial charge in [0.2, 0.25) is 5.88 Å². The predicted octanol–water partition coefficient (Wildman–Crippen LogP) is 2.55. The van der Waals surface area contributed by atoms with Crippen LogP contribution in [-0.4, -0.2) is 17.2 Å². The third-order valence-electron chi connectivity index (χ3n) is 2.38. The number of rotatable bonds is 4. The molecule has 94 valence electrons. The summed E-state index contributed by atoms with van der Waals surface area (Å²) in [7, 11) is 1.55. The number of phenols is 1. The number of pyridine rings is 1. The molecule has 1 aromatic heterocycles. The van der Waals surface area contributed by atoms with Gasteiger partial charge in [0.05, 0.1) is 19.0 Å². The van der Waals surface area contributed by atoms with Crippen LogP contribution in [0.5, 0.6) is 11.6 Å². The Hall–Kier alpha value is -2.30. The van der Waals surface area contributed by atoms with E-state index in [1.54, 1.807) is 19.4 Å². The molecule has 0 amide bonds. The second-order valence-corrected chi connectivity index (χ2v) is 3.76. The third kappa shape index (κ3) is 3.10. The van der Waals surface area contributed by atoms with Gasteiger partial charge in [0, 0.05) is 18.7 Å². The van der Waals surface area contributed by atoms with Crippen LogP contribution in [-0.2, 0) is 6.54 Å². The normalized spacial score (nSPS) is 10.1. The molecule has 0 radical (unpaired) electrons. The first-order valence-corrected chi connectivity index (χ1v) is 5.40. The first-order chi connectivity index (χ1) is 8.67. The highest BCUT2D eigenvalue weighted by Gasteiger charge is 2.00. The van der Waals surface area contributed by atoms with Gasteiger partial charge in [-0.05, 0) is 23.8 Å². The third-order valence-corrected chi connectivity index (χ3v) is 2.38. The Morgan fingerprint density at radius 2 is 2.17 bits per heavy atom. The Bertz CT molecular complexity index is 509. The highest BCUT2D eigenvalue weighted by Crippen LogP contribution is 2.16. The monoisotopic (exact) mass is 248 g/mol. The number of hydrogen-bond acceptors (Lipinski definition) is 4. The average molecular weight is 248 g/mol. The van der Waals surface area contributed by atoms with Crippen molar-refractivity contribution in [3.05, 3.63) is 47.9 Å². The predicted molar refractivity (Wildman–Crippen MR) is 66.2 cm³/mol. The molecular weight excluding hydrogens is 235 g/mol. The molecule has 0 aliphatic carbocycles. The number of methoxy groups -OCH3 is 1. The number of phenolic OH excluding ortho intramolecular Hbond substituents is 1. The molecule has 0 bridgehead atoms. The zero-order valence-electron chi connectivity index (χ0n) is 9.85. The van der Waals surface area contributed by atoms with E-state index in [2.05, 4.69) is 10.3 Å². The van der Waals surface area contributed by atoms with Crippen LogP contribution < -0.4 is 10.1 Å². The van der Waals surface area contributed by atoms with Crippen LogP contribution in [0.15, 0.2) is 36.5 Å². The van der Waals surface area contributed by atoms with E-state index < -0.39 is 5.82 Å². The smallest absolute Gasteiger partial charge is 0.213 e. The summed E-state index contributed by atoms with van der Waals surface area (Å²) in [6, 6.07) is 7.48. The summed E-state index contributed by atoms with van der Waals surface area (Å²) in [4.78, 5) is 4.04. The zero-order valence-corrected chi connectivity index (χ0v) is 9.85. The molecule has 0 fully saturated rings. The molecular formula is C13H13FN2O2. The van der Waals surface area contributed by atoms with Gasteiger partial charge in [-0.3, -0.25) is 0 Å². The van der Waals surface area contributed by atoms with Gasteiger partial charge in [-0.25, -0.2) is 9.37 Å². The maximum absolute atomic E-state index is 13.0. The number of aromatic nitrogens is 1. The van der Waals surface area contributed by atoms with E-state index >= 15 is 0 Å². The van der Waals surface area contributed by atoms with Crippen molar-refractivity contribution in [1.29, 1.82) is 0 Å². The molecule has 0 spiro atoms. The number of aromatic hydroxyl groups is 1. The van der Waals surface area contributed by atoms with Crippen LogP contribution >= 0.6 is 0 Å². The Morgan fingerprint density at radius 3 is 2.78 bits per heavy atom. The summed E-state index contributed by atoms with van der Waals surface area (Å²) in [6.45, 7) is 0.402. The van der Waals surface area contributed by atoms with E-state index in [1.165, 1.54) is 12.1 Å². The van der Waals surface area contributed by atoms with Crippen molar-refractivity contribution >= 4 is 5.69 Å². The first-order valence-electron chi connectivity index (χ1n) is 5.40. The maximum atomic E-state index is 13.0. The van der Waals surface area contributed by atoms with E-state index in [-0.39, 0.29) is 5.75 Å². The quantitative estimate of drug-likeness (QED) is 0.873. The number of hydrogen-bond donors (Lipinski definition) is 2. The maximum Gasteiger partial charge on any atom is 0.213 e. The van der Waals surface area contributed by atoms with Gasteiger partial charge in [-0.15, -0.1) is 0 Å². The summed E-state index contributed by atoms with van der Waals surface area (Å²) >= 11 is 0. The van der Waals surface area contributed by atoms with Crippen molar-refractivity contribution in [3.63, 3.8) is 0 Å². The van der Waals surface area contributed by atoms with Crippen molar-refractivity contribution in [2.45, 2.75) is 6.54 Å². The van der Waals surface area contributed by atoms with Gasteiger partial charge in [0.1, 0.15) is 11.6 Å². The molecule has 0 atom stereocenters. The minimum absolute atomic E-state index is 0.0837.